The molecule has 2 N–H and O–H groups in total. The Morgan fingerprint density at radius 3 is 2.57 bits per heavy atom. The van der Waals surface area contributed by atoms with E-state index in [0.29, 0.717) is 11.5 Å². The van der Waals surface area contributed by atoms with Crippen LogP contribution in [-0.4, -0.2) is 18.1 Å². The van der Waals surface area contributed by atoms with E-state index >= 15 is 0 Å². The summed E-state index contributed by atoms with van der Waals surface area (Å²) in [5.41, 5.74) is 2.61. The Bertz CT molecular complexity index is 333. The van der Waals surface area contributed by atoms with E-state index in [2.05, 4.69) is 35.5 Å². The van der Waals surface area contributed by atoms with E-state index in [9.17, 15) is 0 Å². The zero-order valence-corrected chi connectivity index (χ0v) is 8.96. The van der Waals surface area contributed by atoms with Gasteiger partial charge >= 0.3 is 0 Å². The van der Waals surface area contributed by atoms with E-state index in [4.69, 9.17) is 0 Å². The molecule has 3 nitrogen and oxygen atoms in total. The molecule has 1 aliphatic rings. The van der Waals surface area contributed by atoms with Gasteiger partial charge in [-0.25, -0.2) is 0 Å². The molecular weight excluding hydrogens is 174 g/mol. The minimum atomic E-state index is 0.454. The predicted molar refractivity (Wildman–Crippen MR) is 59.6 cm³/mol. The maximum atomic E-state index is 4.16. The van der Waals surface area contributed by atoms with Crippen molar-refractivity contribution in [1.82, 2.24) is 4.98 Å². The highest BCUT2D eigenvalue weighted by Crippen LogP contribution is 2.46. The number of anilines is 2. The highest BCUT2D eigenvalue weighted by Gasteiger charge is 2.45. The van der Waals surface area contributed by atoms with Crippen molar-refractivity contribution in [3.05, 3.63) is 18.5 Å². The second kappa shape index (κ2) is 3.15. The summed E-state index contributed by atoms with van der Waals surface area (Å²) in [5.74, 6) is 0. The van der Waals surface area contributed by atoms with Gasteiger partial charge < -0.3 is 10.6 Å². The molecule has 3 heteroatoms. The molecule has 76 valence electrons. The molecule has 14 heavy (non-hydrogen) atoms. The Hall–Kier alpha value is -1.25. The topological polar surface area (TPSA) is 37.0 Å². The second-order valence-electron chi connectivity index (χ2n) is 4.60. The fourth-order valence-electron chi connectivity index (χ4n) is 1.57. The highest BCUT2D eigenvalue weighted by molar-refractivity contribution is 5.54. The second-order valence-corrected chi connectivity index (χ2v) is 4.60. The van der Waals surface area contributed by atoms with Gasteiger partial charge in [0.15, 0.2) is 0 Å². The van der Waals surface area contributed by atoms with Crippen LogP contribution in [0.15, 0.2) is 18.5 Å². The Morgan fingerprint density at radius 2 is 2.00 bits per heavy atom. The number of rotatable bonds is 3. The fraction of sp³-hybridized carbons (Fsp3) is 0.545. The van der Waals surface area contributed by atoms with Crippen LogP contribution in [0.25, 0.3) is 0 Å². The molecule has 1 unspecified atom stereocenters. The van der Waals surface area contributed by atoms with E-state index in [1.54, 1.807) is 0 Å². The standard InChI is InChI=1S/C11H17N3/c1-11(2)5-10(11)14-9-4-8(12-3)6-13-7-9/h4,6-7,10,12,14H,5H2,1-3H3. The summed E-state index contributed by atoms with van der Waals surface area (Å²) >= 11 is 0. The lowest BCUT2D eigenvalue weighted by atomic mass is 10.2. The van der Waals surface area contributed by atoms with E-state index in [0.717, 1.165) is 11.4 Å². The van der Waals surface area contributed by atoms with Crippen LogP contribution in [0.5, 0.6) is 0 Å². The summed E-state index contributed by atoms with van der Waals surface area (Å²) in [6, 6.07) is 2.69. The number of nitrogens with zero attached hydrogens (tertiary/aromatic N) is 1. The van der Waals surface area contributed by atoms with Crippen molar-refractivity contribution < 1.29 is 0 Å². The largest absolute Gasteiger partial charge is 0.387 e. The van der Waals surface area contributed by atoms with Crippen molar-refractivity contribution in [2.24, 2.45) is 5.41 Å². The molecule has 1 atom stereocenters. The zero-order chi connectivity index (χ0) is 10.2. The molecule has 0 radical (unpaired) electrons. The minimum Gasteiger partial charge on any atom is -0.387 e. The van der Waals surface area contributed by atoms with Gasteiger partial charge in [-0.1, -0.05) is 13.8 Å². The van der Waals surface area contributed by atoms with Crippen LogP contribution < -0.4 is 10.6 Å². The third kappa shape index (κ3) is 1.81. The number of nitrogens with one attached hydrogen (secondary N) is 2. The van der Waals surface area contributed by atoms with Crippen LogP contribution in [0, 0.1) is 5.41 Å². The van der Waals surface area contributed by atoms with E-state index in [1.807, 2.05) is 19.4 Å². The Balaban J connectivity index is 2.03. The summed E-state index contributed by atoms with van der Waals surface area (Å²) in [6.45, 7) is 4.56. The maximum Gasteiger partial charge on any atom is 0.0549 e. The van der Waals surface area contributed by atoms with Gasteiger partial charge in [0.25, 0.3) is 0 Å². The van der Waals surface area contributed by atoms with Crippen LogP contribution in [0.1, 0.15) is 20.3 Å². The molecule has 0 spiro atoms. The SMILES string of the molecule is CNc1cncc(NC2CC2(C)C)c1. The predicted octanol–water partition coefficient (Wildman–Crippen LogP) is 2.33. The van der Waals surface area contributed by atoms with Crippen molar-refractivity contribution in [2.45, 2.75) is 26.3 Å². The van der Waals surface area contributed by atoms with Gasteiger partial charge in [0.1, 0.15) is 0 Å². The van der Waals surface area contributed by atoms with Gasteiger partial charge in [0.2, 0.25) is 0 Å². The normalized spacial score (nSPS) is 22.9. The molecule has 2 rings (SSSR count). The van der Waals surface area contributed by atoms with Crippen molar-refractivity contribution in [3.63, 3.8) is 0 Å². The van der Waals surface area contributed by atoms with Crippen molar-refractivity contribution in [2.75, 3.05) is 17.7 Å². The molecule has 1 aromatic rings. The molecule has 0 aliphatic heterocycles. The average Bonchev–Trinajstić information content (AvgIpc) is 2.74. The molecule has 0 amide bonds. The van der Waals surface area contributed by atoms with E-state index in [1.165, 1.54) is 6.42 Å². The van der Waals surface area contributed by atoms with Gasteiger partial charge in [0.05, 0.1) is 23.8 Å². The molecule has 0 saturated heterocycles. The summed E-state index contributed by atoms with van der Waals surface area (Å²) < 4.78 is 0. The highest BCUT2D eigenvalue weighted by atomic mass is 15.0. The van der Waals surface area contributed by atoms with Gasteiger partial charge in [-0.15, -0.1) is 0 Å². The van der Waals surface area contributed by atoms with E-state index in [-0.39, 0.29) is 0 Å². The molecule has 0 bridgehead atoms. The summed E-state index contributed by atoms with van der Waals surface area (Å²) in [4.78, 5) is 4.16. The van der Waals surface area contributed by atoms with Crippen LogP contribution in [0.4, 0.5) is 11.4 Å². The Labute approximate surface area is 84.9 Å². The third-order valence-corrected chi connectivity index (χ3v) is 2.88. The Kier molecular flexibility index (Phi) is 2.10. The monoisotopic (exact) mass is 191 g/mol. The van der Waals surface area contributed by atoms with Crippen LogP contribution >= 0.6 is 0 Å². The lowest BCUT2D eigenvalue weighted by molar-refractivity contribution is 0.630. The maximum absolute atomic E-state index is 4.16. The van der Waals surface area contributed by atoms with Crippen molar-refractivity contribution in [1.29, 1.82) is 0 Å². The molecule has 0 aromatic carbocycles. The fourth-order valence-corrected chi connectivity index (χ4v) is 1.57. The number of pyridine rings is 1. The summed E-state index contributed by atoms with van der Waals surface area (Å²) in [6.07, 6.45) is 4.94. The molecule has 1 fully saturated rings. The van der Waals surface area contributed by atoms with Crippen molar-refractivity contribution >= 4 is 11.4 Å². The van der Waals surface area contributed by atoms with Gasteiger partial charge in [-0.3, -0.25) is 4.98 Å². The molecule has 1 aromatic heterocycles. The third-order valence-electron chi connectivity index (χ3n) is 2.88. The Morgan fingerprint density at radius 1 is 1.36 bits per heavy atom. The number of hydrogen-bond donors (Lipinski definition) is 2. The van der Waals surface area contributed by atoms with Gasteiger partial charge in [-0.05, 0) is 17.9 Å². The zero-order valence-electron chi connectivity index (χ0n) is 8.96. The first-order chi connectivity index (χ1) is 6.62. The minimum absolute atomic E-state index is 0.454. The average molecular weight is 191 g/mol. The molecule has 1 aliphatic carbocycles. The number of aromatic nitrogens is 1. The van der Waals surface area contributed by atoms with Gasteiger partial charge in [-0.2, -0.15) is 0 Å². The summed E-state index contributed by atoms with van der Waals surface area (Å²) in [7, 11) is 1.90. The number of hydrogen-bond acceptors (Lipinski definition) is 3. The molecular formula is C11H17N3. The first-order valence-electron chi connectivity index (χ1n) is 5.01. The van der Waals surface area contributed by atoms with Crippen LogP contribution in [-0.2, 0) is 0 Å². The van der Waals surface area contributed by atoms with E-state index < -0.39 is 0 Å². The van der Waals surface area contributed by atoms with Crippen molar-refractivity contribution in [3.8, 4) is 0 Å². The lowest BCUT2D eigenvalue weighted by Crippen LogP contribution is -2.08. The summed E-state index contributed by atoms with van der Waals surface area (Å²) in [5, 5.41) is 6.56. The van der Waals surface area contributed by atoms with Gasteiger partial charge in [0, 0.05) is 13.1 Å². The van der Waals surface area contributed by atoms with Crippen LogP contribution in [0.3, 0.4) is 0 Å². The van der Waals surface area contributed by atoms with Crippen LogP contribution in [0.2, 0.25) is 0 Å². The molecule has 1 saturated carbocycles. The quantitative estimate of drug-likeness (QED) is 0.770. The lowest BCUT2D eigenvalue weighted by Gasteiger charge is -2.08. The smallest absolute Gasteiger partial charge is 0.0549 e. The first kappa shape index (κ1) is 9.31. The first-order valence-corrected chi connectivity index (χ1v) is 5.01. The molecule has 1 heterocycles.